The lowest BCUT2D eigenvalue weighted by Crippen LogP contribution is -2.45. The normalized spacial score (nSPS) is 15.1. The minimum Gasteiger partial charge on any atom is -0.387 e. The first-order chi connectivity index (χ1) is 28.0. The highest BCUT2D eigenvalue weighted by Crippen LogP contribution is 2.43. The molecule has 0 bridgehead atoms. The number of hydrogen-bond donors (Lipinski definition) is 3. The van der Waals surface area contributed by atoms with Crippen molar-refractivity contribution in [3.8, 4) is 0 Å². The number of rotatable bonds is 40. The summed E-state index contributed by atoms with van der Waals surface area (Å²) in [7, 11) is 1.55. The maximum Gasteiger partial charge on any atom is 0.472 e. The Morgan fingerprint density at radius 3 is 1.48 bits per heavy atom. The highest BCUT2D eigenvalue weighted by molar-refractivity contribution is 7.47. The van der Waals surface area contributed by atoms with E-state index in [0.717, 1.165) is 70.6 Å². The second kappa shape index (κ2) is 40.1. The molecule has 0 aromatic rings. The maximum atomic E-state index is 12.7. The fourth-order valence-corrected chi connectivity index (χ4v) is 6.73. The van der Waals surface area contributed by atoms with Crippen LogP contribution in [0.25, 0.3) is 0 Å². The molecule has 9 heteroatoms. The zero-order valence-electron chi connectivity index (χ0n) is 37.8. The van der Waals surface area contributed by atoms with Gasteiger partial charge in [0.1, 0.15) is 13.2 Å². The van der Waals surface area contributed by atoms with E-state index in [2.05, 4.69) is 85.2 Å². The van der Waals surface area contributed by atoms with Crippen LogP contribution in [0.2, 0.25) is 0 Å². The van der Waals surface area contributed by atoms with E-state index >= 15 is 0 Å². The molecular weight excluding hydrogens is 744 g/mol. The average molecular weight is 832 g/mol. The number of hydrogen-bond acceptors (Lipinski definition) is 5. The number of nitrogens with zero attached hydrogens (tertiary/aromatic N) is 1. The van der Waals surface area contributed by atoms with Crippen LogP contribution in [0.1, 0.15) is 168 Å². The van der Waals surface area contributed by atoms with Gasteiger partial charge in [-0.3, -0.25) is 13.8 Å². The second-order valence-corrected chi connectivity index (χ2v) is 17.9. The summed E-state index contributed by atoms with van der Waals surface area (Å²) in [4.78, 5) is 22.8. The molecule has 0 aliphatic carbocycles. The van der Waals surface area contributed by atoms with Gasteiger partial charge < -0.3 is 19.8 Å². The lowest BCUT2D eigenvalue weighted by Gasteiger charge is -2.25. The summed E-state index contributed by atoms with van der Waals surface area (Å²) in [6.45, 7) is 4.46. The van der Waals surface area contributed by atoms with E-state index in [1.165, 1.54) is 77.0 Å². The minimum absolute atomic E-state index is 0.0565. The number of likely N-dealkylation sites (N-methyl/N-ethyl adjacent to an activating group) is 1. The molecule has 3 atom stereocenters. The van der Waals surface area contributed by atoms with E-state index in [9.17, 15) is 19.4 Å². The summed E-state index contributed by atoms with van der Waals surface area (Å²) in [5.74, 6) is -0.194. The topological polar surface area (TPSA) is 105 Å². The third kappa shape index (κ3) is 41.8. The van der Waals surface area contributed by atoms with Gasteiger partial charge in [-0.2, -0.15) is 0 Å². The molecule has 3 N–H and O–H groups in total. The Morgan fingerprint density at radius 1 is 0.603 bits per heavy atom. The number of nitrogens with one attached hydrogen (secondary N) is 1. The van der Waals surface area contributed by atoms with Gasteiger partial charge in [0, 0.05) is 6.42 Å². The molecule has 0 aliphatic rings. The van der Waals surface area contributed by atoms with Crippen LogP contribution in [0, 0.1) is 0 Å². The van der Waals surface area contributed by atoms with E-state index in [0.29, 0.717) is 17.4 Å². The largest absolute Gasteiger partial charge is 0.472 e. The van der Waals surface area contributed by atoms with E-state index in [1.807, 2.05) is 34.1 Å². The number of amides is 1. The molecule has 1 amide bonds. The minimum atomic E-state index is -4.32. The van der Waals surface area contributed by atoms with Crippen molar-refractivity contribution in [3.63, 3.8) is 0 Å². The SMILES string of the molecule is CC/C=C\C/C=C\C/C=C\C/C=C\C/C=C\C/C=C\CCCCCCCCCCCCCCCCC(=O)NC(COP(=O)(O)OCC[N+](C)(C)C)C(O)/C=C/CCC. The zero-order valence-corrected chi connectivity index (χ0v) is 38.6. The van der Waals surface area contributed by atoms with Crippen LogP contribution < -0.4 is 5.32 Å². The molecule has 0 aromatic carbocycles. The van der Waals surface area contributed by atoms with Crippen molar-refractivity contribution in [2.45, 2.75) is 180 Å². The van der Waals surface area contributed by atoms with E-state index < -0.39 is 20.0 Å². The van der Waals surface area contributed by atoms with E-state index in [-0.39, 0.29) is 19.1 Å². The number of quaternary nitrogens is 1. The molecule has 0 spiro atoms. The molecule has 0 saturated heterocycles. The molecule has 0 fully saturated rings. The summed E-state index contributed by atoms with van der Waals surface area (Å²) in [6.07, 6.45) is 56.2. The lowest BCUT2D eigenvalue weighted by atomic mass is 10.0. The fourth-order valence-electron chi connectivity index (χ4n) is 5.99. The first kappa shape index (κ1) is 55.7. The van der Waals surface area contributed by atoms with Gasteiger partial charge in [-0.15, -0.1) is 0 Å². The first-order valence-corrected chi connectivity index (χ1v) is 24.5. The predicted octanol–water partition coefficient (Wildman–Crippen LogP) is 13.0. The highest BCUT2D eigenvalue weighted by atomic mass is 31.2. The molecule has 0 aromatic heterocycles. The van der Waals surface area contributed by atoms with Crippen LogP contribution >= 0.6 is 7.82 Å². The Labute approximate surface area is 356 Å². The third-order valence-corrected chi connectivity index (χ3v) is 10.6. The summed E-state index contributed by atoms with van der Waals surface area (Å²) in [6, 6.07) is -0.845. The highest BCUT2D eigenvalue weighted by Gasteiger charge is 2.27. The van der Waals surface area contributed by atoms with Gasteiger partial charge in [0.15, 0.2) is 0 Å². The predicted molar refractivity (Wildman–Crippen MR) is 249 cm³/mol. The summed E-state index contributed by atoms with van der Waals surface area (Å²) in [5, 5.41) is 13.5. The van der Waals surface area contributed by atoms with Gasteiger partial charge in [0.05, 0.1) is 39.9 Å². The zero-order chi connectivity index (χ0) is 42.8. The summed E-state index contributed by atoms with van der Waals surface area (Å²) >= 11 is 0. The van der Waals surface area contributed by atoms with E-state index in [1.54, 1.807) is 6.08 Å². The molecular formula is C49H88N2O6P+. The van der Waals surface area contributed by atoms with Crippen molar-refractivity contribution >= 4 is 13.7 Å². The summed E-state index contributed by atoms with van der Waals surface area (Å²) < 4.78 is 23.2. The van der Waals surface area contributed by atoms with Crippen LogP contribution in [-0.4, -0.2) is 73.4 Å². The van der Waals surface area contributed by atoms with Crippen LogP contribution in [0.3, 0.4) is 0 Å². The van der Waals surface area contributed by atoms with Gasteiger partial charge in [-0.1, -0.05) is 182 Å². The van der Waals surface area contributed by atoms with Gasteiger partial charge in [-0.25, -0.2) is 4.57 Å². The van der Waals surface area contributed by atoms with E-state index in [4.69, 9.17) is 9.05 Å². The number of allylic oxidation sites excluding steroid dienone is 13. The number of carbonyl (C=O) groups excluding carboxylic acids is 1. The van der Waals surface area contributed by atoms with Crippen LogP contribution in [0.5, 0.6) is 0 Å². The monoisotopic (exact) mass is 832 g/mol. The number of phosphoric ester groups is 1. The Morgan fingerprint density at radius 2 is 1.03 bits per heavy atom. The molecule has 8 nitrogen and oxygen atoms in total. The van der Waals surface area contributed by atoms with Crippen molar-refractivity contribution in [1.82, 2.24) is 5.32 Å². The Hall–Kier alpha value is -2.32. The Kier molecular flexibility index (Phi) is 38.5. The fraction of sp³-hybridized carbons (Fsp3) is 0.694. The molecule has 0 radical (unpaired) electrons. The maximum absolute atomic E-state index is 12.7. The van der Waals surface area contributed by atoms with Crippen molar-refractivity contribution < 1.29 is 32.9 Å². The quantitative estimate of drug-likeness (QED) is 0.0246. The molecule has 58 heavy (non-hydrogen) atoms. The number of aliphatic hydroxyl groups excluding tert-OH is 1. The second-order valence-electron chi connectivity index (χ2n) is 16.4. The number of aliphatic hydroxyl groups is 1. The molecule has 0 heterocycles. The molecule has 0 saturated carbocycles. The molecule has 0 aliphatic heterocycles. The standard InChI is InChI=1S/C49H87N2O6P/c1-6-8-10-11-12-13-14-15-16-17-18-19-20-21-22-23-24-25-26-27-28-29-30-31-32-33-34-35-36-37-38-39-41-43-49(53)50-47(48(52)42-40-9-7-2)46-57-58(54,55)56-45-44-51(3,4)5/h8,10,12-13,15-16,18-19,21-22,24-25,40,42,47-48,52H,6-7,9,11,14,17,20,23,26-39,41,43-46H2,1-5H3,(H-,50,53,54,55)/p+1/b10-8-,13-12-,16-15-,19-18-,22-21-,25-24-,42-40+. The van der Waals surface area contributed by atoms with Gasteiger partial charge in [-0.05, 0) is 64.2 Å². The van der Waals surface area contributed by atoms with Crippen molar-refractivity contribution in [2.24, 2.45) is 0 Å². The van der Waals surface area contributed by atoms with Crippen LogP contribution in [-0.2, 0) is 18.4 Å². The van der Waals surface area contributed by atoms with Gasteiger partial charge in [0.25, 0.3) is 0 Å². The van der Waals surface area contributed by atoms with Crippen molar-refractivity contribution in [1.29, 1.82) is 0 Å². The van der Waals surface area contributed by atoms with Gasteiger partial charge >= 0.3 is 7.82 Å². The Bertz CT molecular complexity index is 1220. The first-order valence-electron chi connectivity index (χ1n) is 23.0. The Balaban J connectivity index is 3.82. The smallest absolute Gasteiger partial charge is 0.387 e. The average Bonchev–Trinajstić information content (AvgIpc) is 3.17. The lowest BCUT2D eigenvalue weighted by molar-refractivity contribution is -0.870. The van der Waals surface area contributed by atoms with Crippen molar-refractivity contribution in [2.75, 3.05) is 40.9 Å². The van der Waals surface area contributed by atoms with Crippen LogP contribution in [0.4, 0.5) is 0 Å². The number of carbonyl (C=O) groups is 1. The molecule has 3 unspecified atom stereocenters. The summed E-state index contributed by atoms with van der Waals surface area (Å²) in [5.41, 5.74) is 0. The van der Waals surface area contributed by atoms with Crippen molar-refractivity contribution in [3.05, 3.63) is 85.1 Å². The molecule has 334 valence electrons. The van der Waals surface area contributed by atoms with Crippen LogP contribution in [0.15, 0.2) is 85.1 Å². The third-order valence-electron chi connectivity index (χ3n) is 9.60. The van der Waals surface area contributed by atoms with Gasteiger partial charge in [0.2, 0.25) is 5.91 Å². The molecule has 0 rings (SSSR count). The number of unbranched alkanes of at least 4 members (excludes halogenated alkanes) is 15. The number of phosphoric acid groups is 1.